The van der Waals surface area contributed by atoms with Crippen LogP contribution < -0.4 is 0 Å². The summed E-state index contributed by atoms with van der Waals surface area (Å²) in [5.74, 6) is 0. The Labute approximate surface area is 166 Å². The largest absolute Gasteiger partial charge is 0.0984 e. The van der Waals surface area contributed by atoms with Crippen molar-refractivity contribution in [3.05, 3.63) is 96.1 Å². The predicted molar refractivity (Wildman–Crippen MR) is 129 cm³/mol. The smallest absolute Gasteiger partial charge is 0.00139 e. The third-order valence-electron chi connectivity index (χ3n) is 5.42. The Morgan fingerprint density at radius 3 is 1.29 bits per heavy atom. The molecule has 136 valence electrons. The minimum atomic E-state index is 1.18. The Morgan fingerprint density at radius 2 is 0.929 bits per heavy atom. The van der Waals surface area contributed by atoms with Gasteiger partial charge in [-0.2, -0.15) is 0 Å². The average Bonchev–Trinajstić information content (AvgIpc) is 2.74. The number of hydrogen-bond donors (Lipinski definition) is 0. The highest BCUT2D eigenvalue weighted by Crippen LogP contribution is 2.43. The SMILES string of the molecule is C=Cc1c(/C=C\C)c2c(/C=C\C)c(C=C)c3ccccc3c2c2ccccc12. The van der Waals surface area contributed by atoms with Gasteiger partial charge in [-0.15, -0.1) is 0 Å². The average molecular weight is 361 g/mol. The van der Waals surface area contributed by atoms with Crippen LogP contribution in [0.3, 0.4) is 0 Å². The Kier molecular flexibility index (Phi) is 4.71. The van der Waals surface area contributed by atoms with Crippen LogP contribution in [0.5, 0.6) is 0 Å². The lowest BCUT2D eigenvalue weighted by Crippen LogP contribution is -1.96. The van der Waals surface area contributed by atoms with Crippen molar-refractivity contribution < 1.29 is 0 Å². The summed E-state index contributed by atoms with van der Waals surface area (Å²) in [6.45, 7) is 12.4. The molecule has 4 aromatic carbocycles. The highest BCUT2D eigenvalue weighted by atomic mass is 14.2. The first-order chi connectivity index (χ1) is 13.8. The highest BCUT2D eigenvalue weighted by molar-refractivity contribution is 6.27. The second-order valence-corrected chi connectivity index (χ2v) is 6.90. The molecule has 4 rings (SSSR count). The van der Waals surface area contributed by atoms with Crippen LogP contribution in [-0.4, -0.2) is 0 Å². The predicted octanol–water partition coefficient (Wildman–Crippen LogP) is 8.50. The van der Waals surface area contributed by atoms with E-state index in [2.05, 4.69) is 99.8 Å². The van der Waals surface area contributed by atoms with E-state index in [1.165, 1.54) is 54.6 Å². The number of fused-ring (bicyclic) bond motifs is 5. The van der Waals surface area contributed by atoms with Crippen molar-refractivity contribution in [2.45, 2.75) is 13.8 Å². The van der Waals surface area contributed by atoms with Crippen LogP contribution >= 0.6 is 0 Å². The molecule has 0 saturated carbocycles. The first-order valence-corrected chi connectivity index (χ1v) is 9.70. The second-order valence-electron chi connectivity index (χ2n) is 6.90. The molecule has 0 fully saturated rings. The zero-order valence-electron chi connectivity index (χ0n) is 16.5. The van der Waals surface area contributed by atoms with E-state index in [0.29, 0.717) is 0 Å². The van der Waals surface area contributed by atoms with Gasteiger partial charge >= 0.3 is 0 Å². The highest BCUT2D eigenvalue weighted by Gasteiger charge is 2.18. The molecule has 0 aliphatic rings. The molecule has 0 atom stereocenters. The summed E-state index contributed by atoms with van der Waals surface area (Å²) >= 11 is 0. The fourth-order valence-electron chi connectivity index (χ4n) is 4.38. The molecule has 0 heterocycles. The molecule has 0 radical (unpaired) electrons. The van der Waals surface area contributed by atoms with Crippen molar-refractivity contribution >= 4 is 56.6 Å². The minimum absolute atomic E-state index is 1.18. The molecule has 0 aromatic heterocycles. The summed E-state index contributed by atoms with van der Waals surface area (Å²) in [5.41, 5.74) is 4.79. The van der Waals surface area contributed by atoms with E-state index in [1.54, 1.807) is 0 Å². The van der Waals surface area contributed by atoms with Gasteiger partial charge in [0, 0.05) is 0 Å². The molecule has 0 aliphatic carbocycles. The van der Waals surface area contributed by atoms with Crippen molar-refractivity contribution in [1.82, 2.24) is 0 Å². The van der Waals surface area contributed by atoms with Crippen LogP contribution in [0.15, 0.2) is 73.8 Å². The number of benzene rings is 4. The van der Waals surface area contributed by atoms with Crippen molar-refractivity contribution in [3.63, 3.8) is 0 Å². The van der Waals surface area contributed by atoms with E-state index < -0.39 is 0 Å². The fourth-order valence-corrected chi connectivity index (χ4v) is 4.38. The van der Waals surface area contributed by atoms with Crippen molar-refractivity contribution in [3.8, 4) is 0 Å². The van der Waals surface area contributed by atoms with E-state index in [-0.39, 0.29) is 0 Å². The Bertz CT molecular complexity index is 1200. The number of allylic oxidation sites excluding steroid dienone is 2. The van der Waals surface area contributed by atoms with Crippen LogP contribution in [0.1, 0.15) is 36.1 Å². The summed E-state index contributed by atoms with van der Waals surface area (Å²) < 4.78 is 0. The molecule has 0 nitrogen and oxygen atoms in total. The number of rotatable bonds is 4. The second kappa shape index (κ2) is 7.32. The maximum absolute atomic E-state index is 4.14. The van der Waals surface area contributed by atoms with Gasteiger partial charge < -0.3 is 0 Å². The summed E-state index contributed by atoms with van der Waals surface area (Å²) in [5, 5.41) is 7.56. The molecule has 0 saturated heterocycles. The van der Waals surface area contributed by atoms with Crippen LogP contribution in [0.25, 0.3) is 56.6 Å². The summed E-state index contributed by atoms with van der Waals surface area (Å²) in [6.07, 6.45) is 12.6. The van der Waals surface area contributed by atoms with E-state index in [0.717, 1.165) is 0 Å². The Hall–Kier alpha value is -3.38. The van der Waals surface area contributed by atoms with Gasteiger partial charge in [0.25, 0.3) is 0 Å². The quantitative estimate of drug-likeness (QED) is 0.320. The maximum Gasteiger partial charge on any atom is -0.00139 e. The molecule has 0 N–H and O–H groups in total. The van der Waals surface area contributed by atoms with Gasteiger partial charge in [0.2, 0.25) is 0 Å². The zero-order chi connectivity index (χ0) is 19.7. The van der Waals surface area contributed by atoms with Gasteiger partial charge in [0.1, 0.15) is 0 Å². The lowest BCUT2D eigenvalue weighted by atomic mass is 9.83. The Balaban J connectivity index is 2.51. The van der Waals surface area contributed by atoms with Gasteiger partial charge in [-0.05, 0) is 68.4 Å². The molecule has 28 heavy (non-hydrogen) atoms. The van der Waals surface area contributed by atoms with Gasteiger partial charge in [0.15, 0.2) is 0 Å². The molecule has 0 bridgehead atoms. The Morgan fingerprint density at radius 1 is 0.536 bits per heavy atom. The van der Waals surface area contributed by atoms with Crippen LogP contribution in [0, 0.1) is 0 Å². The topological polar surface area (TPSA) is 0 Å². The molecular weight excluding hydrogens is 336 g/mol. The lowest BCUT2D eigenvalue weighted by molar-refractivity contribution is 1.66. The maximum atomic E-state index is 4.14. The standard InChI is InChI=1S/C28H24/c1-5-13-23-19(7-3)21-15-9-11-17-25(21)28-26-18-12-10-16-22(26)20(8-4)24(14-6-2)27(23)28/h5-18H,3-4H2,1-2H3/b13-5-,14-6-. The van der Waals surface area contributed by atoms with E-state index >= 15 is 0 Å². The van der Waals surface area contributed by atoms with Crippen LogP contribution in [0.4, 0.5) is 0 Å². The summed E-state index contributed by atoms with van der Waals surface area (Å²) in [6, 6.07) is 17.3. The van der Waals surface area contributed by atoms with Crippen molar-refractivity contribution in [2.24, 2.45) is 0 Å². The fraction of sp³-hybridized carbons (Fsp3) is 0.0714. The van der Waals surface area contributed by atoms with E-state index in [4.69, 9.17) is 0 Å². The molecule has 0 heteroatoms. The molecule has 0 amide bonds. The van der Waals surface area contributed by atoms with Crippen molar-refractivity contribution in [1.29, 1.82) is 0 Å². The van der Waals surface area contributed by atoms with Gasteiger partial charge in [-0.25, -0.2) is 0 Å². The first kappa shape index (κ1) is 18.0. The van der Waals surface area contributed by atoms with Crippen LogP contribution in [0.2, 0.25) is 0 Å². The summed E-state index contributed by atoms with van der Waals surface area (Å²) in [7, 11) is 0. The van der Waals surface area contributed by atoms with Crippen molar-refractivity contribution in [2.75, 3.05) is 0 Å². The first-order valence-electron chi connectivity index (χ1n) is 9.70. The molecule has 0 unspecified atom stereocenters. The third-order valence-corrected chi connectivity index (χ3v) is 5.42. The lowest BCUT2D eigenvalue weighted by Gasteiger charge is -2.20. The third kappa shape index (κ3) is 2.53. The van der Waals surface area contributed by atoms with E-state index in [9.17, 15) is 0 Å². The molecular formula is C28H24. The molecule has 4 aromatic rings. The monoisotopic (exact) mass is 360 g/mol. The molecule has 0 aliphatic heterocycles. The van der Waals surface area contributed by atoms with Crippen LogP contribution in [-0.2, 0) is 0 Å². The molecule has 0 spiro atoms. The zero-order valence-corrected chi connectivity index (χ0v) is 16.5. The normalized spacial score (nSPS) is 11.9. The minimum Gasteiger partial charge on any atom is -0.0984 e. The van der Waals surface area contributed by atoms with Gasteiger partial charge in [-0.3, -0.25) is 0 Å². The summed E-state index contributed by atoms with van der Waals surface area (Å²) in [4.78, 5) is 0. The van der Waals surface area contributed by atoms with Gasteiger partial charge in [0.05, 0.1) is 0 Å². The van der Waals surface area contributed by atoms with Gasteiger partial charge in [-0.1, -0.05) is 98.1 Å². The van der Waals surface area contributed by atoms with E-state index in [1.807, 2.05) is 12.2 Å². The number of hydrogen-bond acceptors (Lipinski definition) is 0.